The monoisotopic (exact) mass is 302 g/mol. The highest BCUT2D eigenvalue weighted by atomic mass is 32.1. The first-order valence-electron chi connectivity index (χ1n) is 6.36. The third kappa shape index (κ3) is 3.64. The van der Waals surface area contributed by atoms with Crippen molar-refractivity contribution in [1.29, 1.82) is 0 Å². The molecule has 0 bridgehead atoms. The molecule has 0 spiro atoms. The summed E-state index contributed by atoms with van der Waals surface area (Å²) in [6.45, 7) is 3.59. The minimum atomic E-state index is -0.436. The molecule has 0 aliphatic rings. The molecule has 108 valence electrons. The minimum absolute atomic E-state index is 0.257. The molecule has 1 amide bonds. The second kappa shape index (κ2) is 6.01. The number of benzene rings is 2. The SMILES string of the molecule is Cc1cc(F)cc(C(=O)Nc2cc(C(N)=S)ccc2C)c1. The predicted molar refractivity (Wildman–Crippen MR) is 86.2 cm³/mol. The first-order valence-corrected chi connectivity index (χ1v) is 6.76. The van der Waals surface area contributed by atoms with Crippen LogP contribution in [-0.4, -0.2) is 10.9 Å². The van der Waals surface area contributed by atoms with Crippen LogP contribution in [0.15, 0.2) is 36.4 Å². The van der Waals surface area contributed by atoms with Crippen molar-refractivity contribution in [3.63, 3.8) is 0 Å². The number of anilines is 1. The van der Waals surface area contributed by atoms with Crippen molar-refractivity contribution in [3.8, 4) is 0 Å². The van der Waals surface area contributed by atoms with Crippen LogP contribution in [0.3, 0.4) is 0 Å². The fourth-order valence-electron chi connectivity index (χ4n) is 1.97. The molecule has 21 heavy (non-hydrogen) atoms. The molecule has 0 radical (unpaired) electrons. The van der Waals surface area contributed by atoms with Crippen molar-refractivity contribution >= 4 is 28.8 Å². The molecule has 0 saturated carbocycles. The van der Waals surface area contributed by atoms with Gasteiger partial charge in [0.05, 0.1) is 0 Å². The highest BCUT2D eigenvalue weighted by molar-refractivity contribution is 7.80. The number of hydrogen-bond acceptors (Lipinski definition) is 2. The Morgan fingerprint density at radius 3 is 2.48 bits per heavy atom. The molecule has 0 heterocycles. The van der Waals surface area contributed by atoms with Gasteiger partial charge in [0.2, 0.25) is 0 Å². The summed E-state index contributed by atoms with van der Waals surface area (Å²) < 4.78 is 13.4. The van der Waals surface area contributed by atoms with E-state index in [0.29, 0.717) is 16.8 Å². The predicted octanol–water partition coefficient (Wildman–Crippen LogP) is 3.33. The normalized spacial score (nSPS) is 10.2. The summed E-state index contributed by atoms with van der Waals surface area (Å²) in [5.74, 6) is -0.811. The van der Waals surface area contributed by atoms with Gasteiger partial charge < -0.3 is 11.1 Å². The molecule has 0 aliphatic heterocycles. The van der Waals surface area contributed by atoms with E-state index in [1.807, 2.05) is 13.0 Å². The molecule has 5 heteroatoms. The molecule has 0 saturated heterocycles. The van der Waals surface area contributed by atoms with Crippen LogP contribution in [0.4, 0.5) is 10.1 Å². The van der Waals surface area contributed by atoms with E-state index in [9.17, 15) is 9.18 Å². The molecule has 2 rings (SSSR count). The Hall–Kier alpha value is -2.27. The maximum absolute atomic E-state index is 13.4. The van der Waals surface area contributed by atoms with Gasteiger partial charge in [-0.3, -0.25) is 4.79 Å². The molecule has 0 unspecified atom stereocenters. The number of carbonyl (C=O) groups excluding carboxylic acids is 1. The van der Waals surface area contributed by atoms with Crippen LogP contribution in [0.5, 0.6) is 0 Å². The Labute approximate surface area is 128 Å². The Morgan fingerprint density at radius 1 is 1.14 bits per heavy atom. The molecule has 2 aromatic carbocycles. The fourth-order valence-corrected chi connectivity index (χ4v) is 2.10. The van der Waals surface area contributed by atoms with E-state index < -0.39 is 5.82 Å². The number of amides is 1. The van der Waals surface area contributed by atoms with Crippen molar-refractivity contribution in [2.24, 2.45) is 5.73 Å². The summed E-state index contributed by atoms with van der Waals surface area (Å²) in [6.07, 6.45) is 0. The molecule has 2 aromatic rings. The third-order valence-electron chi connectivity index (χ3n) is 3.07. The number of nitrogens with one attached hydrogen (secondary N) is 1. The average molecular weight is 302 g/mol. The maximum Gasteiger partial charge on any atom is 0.255 e. The molecule has 0 fully saturated rings. The Morgan fingerprint density at radius 2 is 1.86 bits per heavy atom. The molecule has 3 N–H and O–H groups in total. The number of aryl methyl sites for hydroxylation is 2. The van der Waals surface area contributed by atoms with Gasteiger partial charge >= 0.3 is 0 Å². The van der Waals surface area contributed by atoms with Crippen molar-refractivity contribution < 1.29 is 9.18 Å². The Balaban J connectivity index is 2.31. The smallest absolute Gasteiger partial charge is 0.255 e. The number of thiocarbonyl (C=S) groups is 1. The lowest BCUT2D eigenvalue weighted by Gasteiger charge is -2.11. The lowest BCUT2D eigenvalue weighted by Crippen LogP contribution is -2.15. The van der Waals surface area contributed by atoms with Gasteiger partial charge in [-0.05, 0) is 49.2 Å². The zero-order valence-electron chi connectivity index (χ0n) is 11.7. The number of hydrogen-bond donors (Lipinski definition) is 2. The van der Waals surface area contributed by atoms with Gasteiger partial charge in [0.25, 0.3) is 5.91 Å². The minimum Gasteiger partial charge on any atom is -0.389 e. The second-order valence-corrected chi connectivity index (χ2v) is 5.31. The average Bonchev–Trinajstić information content (AvgIpc) is 2.39. The van der Waals surface area contributed by atoms with Crippen LogP contribution in [0.2, 0.25) is 0 Å². The van der Waals surface area contributed by atoms with E-state index in [1.54, 1.807) is 25.1 Å². The maximum atomic E-state index is 13.4. The summed E-state index contributed by atoms with van der Waals surface area (Å²) in [6, 6.07) is 9.53. The number of rotatable bonds is 3. The largest absolute Gasteiger partial charge is 0.389 e. The number of nitrogens with two attached hydrogens (primary N) is 1. The lowest BCUT2D eigenvalue weighted by atomic mass is 10.1. The second-order valence-electron chi connectivity index (χ2n) is 4.87. The van der Waals surface area contributed by atoms with Crippen LogP contribution in [0, 0.1) is 19.7 Å². The quantitative estimate of drug-likeness (QED) is 0.855. The van der Waals surface area contributed by atoms with Gasteiger partial charge in [-0.1, -0.05) is 24.4 Å². The Kier molecular flexibility index (Phi) is 4.33. The summed E-state index contributed by atoms with van der Waals surface area (Å²) in [5, 5.41) is 2.76. The lowest BCUT2D eigenvalue weighted by molar-refractivity contribution is 0.102. The van der Waals surface area contributed by atoms with Crippen molar-refractivity contribution in [3.05, 3.63) is 64.5 Å². The summed E-state index contributed by atoms with van der Waals surface area (Å²) in [4.78, 5) is 12.5. The van der Waals surface area contributed by atoms with Crippen LogP contribution in [-0.2, 0) is 0 Å². The molecular formula is C16H15FN2OS. The van der Waals surface area contributed by atoms with E-state index in [0.717, 1.165) is 5.56 Å². The van der Waals surface area contributed by atoms with Gasteiger partial charge in [-0.25, -0.2) is 4.39 Å². The molecular weight excluding hydrogens is 287 g/mol. The topological polar surface area (TPSA) is 55.1 Å². The van der Waals surface area contributed by atoms with Gasteiger partial charge in [-0.15, -0.1) is 0 Å². The van der Waals surface area contributed by atoms with Crippen LogP contribution in [0.25, 0.3) is 0 Å². The highest BCUT2D eigenvalue weighted by Gasteiger charge is 2.10. The summed E-state index contributed by atoms with van der Waals surface area (Å²) >= 11 is 4.92. The van der Waals surface area contributed by atoms with Crippen molar-refractivity contribution in [2.75, 3.05) is 5.32 Å². The van der Waals surface area contributed by atoms with Gasteiger partial charge in [0.15, 0.2) is 0 Å². The van der Waals surface area contributed by atoms with Gasteiger partial charge in [0, 0.05) is 16.8 Å². The third-order valence-corrected chi connectivity index (χ3v) is 3.31. The van der Waals surface area contributed by atoms with Crippen LogP contribution in [0.1, 0.15) is 27.0 Å². The van der Waals surface area contributed by atoms with E-state index >= 15 is 0 Å². The van der Waals surface area contributed by atoms with Crippen molar-refractivity contribution in [1.82, 2.24) is 0 Å². The number of carbonyl (C=O) groups is 1. The molecule has 0 aliphatic carbocycles. The van der Waals surface area contributed by atoms with Crippen LogP contribution < -0.4 is 11.1 Å². The first-order chi connectivity index (χ1) is 9.86. The molecule has 0 aromatic heterocycles. The number of halogens is 1. The molecule has 3 nitrogen and oxygen atoms in total. The van der Waals surface area contributed by atoms with E-state index in [4.69, 9.17) is 18.0 Å². The molecule has 0 atom stereocenters. The summed E-state index contributed by atoms with van der Waals surface area (Å²) in [7, 11) is 0. The van der Waals surface area contributed by atoms with E-state index in [1.165, 1.54) is 12.1 Å². The Bertz CT molecular complexity index is 708. The first kappa shape index (κ1) is 15.1. The van der Waals surface area contributed by atoms with Gasteiger partial charge in [0.1, 0.15) is 10.8 Å². The zero-order chi connectivity index (χ0) is 15.6. The van der Waals surface area contributed by atoms with Gasteiger partial charge in [-0.2, -0.15) is 0 Å². The standard InChI is InChI=1S/C16H15FN2OS/c1-9-5-12(7-13(17)6-9)16(20)19-14-8-11(15(18)21)4-3-10(14)2/h3-8H,1-2H3,(H2,18,21)(H,19,20). The highest BCUT2D eigenvalue weighted by Crippen LogP contribution is 2.18. The van der Waals surface area contributed by atoms with Crippen molar-refractivity contribution in [2.45, 2.75) is 13.8 Å². The van der Waals surface area contributed by atoms with E-state index in [-0.39, 0.29) is 16.5 Å². The zero-order valence-corrected chi connectivity index (χ0v) is 12.6. The summed E-state index contributed by atoms with van der Waals surface area (Å²) in [5.41, 5.74) is 8.69. The van der Waals surface area contributed by atoms with E-state index in [2.05, 4.69) is 5.32 Å². The fraction of sp³-hybridized carbons (Fsp3) is 0.125. The van der Waals surface area contributed by atoms with Crippen LogP contribution >= 0.6 is 12.2 Å².